The van der Waals surface area contributed by atoms with E-state index in [1.165, 1.54) is 12.1 Å². The van der Waals surface area contributed by atoms with E-state index in [-0.39, 0.29) is 34.2 Å². The van der Waals surface area contributed by atoms with Gasteiger partial charge in [0.2, 0.25) is 0 Å². The number of alkyl halides is 7. The number of nitrogens with zero attached hydrogens (tertiary/aromatic N) is 1. The van der Waals surface area contributed by atoms with Crippen molar-refractivity contribution in [2.24, 2.45) is 0 Å². The molecule has 242 valence electrons. The van der Waals surface area contributed by atoms with Crippen LogP contribution in [0.3, 0.4) is 0 Å². The van der Waals surface area contributed by atoms with E-state index in [0.717, 1.165) is 17.0 Å². The summed E-state index contributed by atoms with van der Waals surface area (Å²) < 4.78 is 147. The lowest BCUT2D eigenvalue weighted by atomic mass is 9.83. The topological polar surface area (TPSA) is 121 Å². The summed E-state index contributed by atoms with van der Waals surface area (Å²) in [5, 5.41) is 13.9. The first-order chi connectivity index (χ1) is 20.1. The first kappa shape index (κ1) is 32.8. The molecule has 0 radical (unpaired) electrons. The second-order valence-electron chi connectivity index (χ2n) is 11.1. The van der Waals surface area contributed by atoms with E-state index >= 15 is 0 Å². The second-order valence-corrected chi connectivity index (χ2v) is 16.0. The molecule has 2 N–H and O–H groups in total. The van der Waals surface area contributed by atoms with Crippen molar-refractivity contribution < 1.29 is 57.5 Å². The number of hydrogen-bond donors (Lipinski definition) is 2. The van der Waals surface area contributed by atoms with Crippen LogP contribution in [-0.2, 0) is 34.9 Å². The molecule has 3 aliphatic rings. The minimum atomic E-state index is -6.41. The van der Waals surface area contributed by atoms with E-state index in [0.29, 0.717) is 6.07 Å². The number of nitrogens with one attached hydrogen (secondary N) is 1. The maximum absolute atomic E-state index is 14.9. The van der Waals surface area contributed by atoms with Gasteiger partial charge >= 0.3 is 18.0 Å². The fraction of sp³-hybridized carbons (Fsp3) is 0.500. The molecule has 5 rings (SSSR count). The van der Waals surface area contributed by atoms with Crippen LogP contribution >= 0.6 is 11.6 Å². The molecular weight excluding hydrogens is 669 g/mol. The van der Waals surface area contributed by atoms with Crippen molar-refractivity contribution in [1.29, 1.82) is 0 Å². The Morgan fingerprint density at radius 2 is 1.52 bits per heavy atom. The lowest BCUT2D eigenvalue weighted by Gasteiger charge is -2.45. The van der Waals surface area contributed by atoms with Crippen LogP contribution in [0.25, 0.3) is 0 Å². The predicted molar refractivity (Wildman–Crippen MR) is 143 cm³/mol. The molecule has 2 aromatic carbocycles. The molecule has 3 aliphatic heterocycles. The third-order valence-corrected chi connectivity index (χ3v) is 13.1. The molecule has 2 aromatic rings. The Morgan fingerprint density at radius 1 is 0.955 bits per heavy atom. The zero-order valence-electron chi connectivity index (χ0n) is 22.3. The molecule has 2 atom stereocenters. The van der Waals surface area contributed by atoms with E-state index in [9.17, 15) is 57.5 Å². The number of sulfone groups is 2. The van der Waals surface area contributed by atoms with Gasteiger partial charge < -0.3 is 15.3 Å². The van der Waals surface area contributed by atoms with Crippen LogP contribution in [-0.4, -0.2) is 81.3 Å². The van der Waals surface area contributed by atoms with Gasteiger partial charge in [0, 0.05) is 29.4 Å². The Bertz CT molecular complexity index is 1690. The summed E-state index contributed by atoms with van der Waals surface area (Å²) in [6, 6.07) is 4.56. The van der Waals surface area contributed by atoms with E-state index in [1.807, 2.05) is 0 Å². The Kier molecular flexibility index (Phi) is 7.58. The van der Waals surface area contributed by atoms with Crippen LogP contribution in [0, 0.1) is 0 Å². The molecule has 3 heterocycles. The number of amides is 1. The lowest BCUT2D eigenvalue weighted by Crippen LogP contribution is -2.60. The fourth-order valence-corrected chi connectivity index (χ4v) is 10.2. The lowest BCUT2D eigenvalue weighted by molar-refractivity contribution is -0.348. The van der Waals surface area contributed by atoms with Crippen molar-refractivity contribution in [2.75, 3.05) is 29.9 Å². The number of hydrogen-bond acceptors (Lipinski definition) is 7. The molecule has 0 aliphatic carbocycles. The van der Waals surface area contributed by atoms with Crippen LogP contribution in [0.1, 0.15) is 30.4 Å². The number of carbonyl (C=O) groups excluding carboxylic acids is 1. The number of anilines is 1. The minimum absolute atomic E-state index is 0.157. The van der Waals surface area contributed by atoms with E-state index in [2.05, 4.69) is 5.32 Å². The molecule has 8 nitrogen and oxygen atoms in total. The molecule has 0 bridgehead atoms. The highest BCUT2D eigenvalue weighted by molar-refractivity contribution is 7.92. The first-order valence-corrected chi connectivity index (χ1v) is 16.7. The van der Waals surface area contributed by atoms with Gasteiger partial charge in [-0.05, 0) is 55.2 Å². The molecule has 1 amide bonds. The van der Waals surface area contributed by atoms with Gasteiger partial charge in [-0.15, -0.1) is 0 Å². The van der Waals surface area contributed by atoms with Crippen LogP contribution in [0.5, 0.6) is 0 Å². The van der Waals surface area contributed by atoms with Crippen molar-refractivity contribution in [2.45, 2.75) is 58.6 Å². The molecule has 2 unspecified atom stereocenters. The third kappa shape index (κ3) is 4.76. The summed E-state index contributed by atoms with van der Waals surface area (Å²) >= 11 is 5.91. The zero-order chi connectivity index (χ0) is 32.7. The summed E-state index contributed by atoms with van der Waals surface area (Å²) in [7, 11) is -8.17. The predicted octanol–water partition coefficient (Wildman–Crippen LogP) is 4.26. The molecule has 2 saturated heterocycles. The Labute approximate surface area is 252 Å². The number of benzene rings is 2. The van der Waals surface area contributed by atoms with Gasteiger partial charge in [0.05, 0.1) is 22.4 Å². The van der Waals surface area contributed by atoms with Gasteiger partial charge in [-0.1, -0.05) is 23.7 Å². The highest BCUT2D eigenvalue weighted by atomic mass is 35.5. The van der Waals surface area contributed by atoms with Crippen molar-refractivity contribution in [3.05, 3.63) is 58.6 Å². The fourth-order valence-electron chi connectivity index (χ4n) is 6.30. The van der Waals surface area contributed by atoms with Gasteiger partial charge in [-0.3, -0.25) is 4.79 Å². The number of carbonyl (C=O) groups is 1. The van der Waals surface area contributed by atoms with Crippen molar-refractivity contribution in [1.82, 2.24) is 4.90 Å². The maximum Gasteiger partial charge on any atom is 0.435 e. The normalized spacial score (nSPS) is 25.1. The summed E-state index contributed by atoms with van der Waals surface area (Å²) in [5.74, 6) is -1.98. The minimum Gasteiger partial charge on any atom is -0.383 e. The largest absolute Gasteiger partial charge is 0.435 e. The number of aliphatic hydroxyl groups is 1. The van der Waals surface area contributed by atoms with Crippen molar-refractivity contribution in [3.63, 3.8) is 0 Å². The van der Waals surface area contributed by atoms with Crippen LogP contribution in [0.2, 0.25) is 5.02 Å². The Balaban J connectivity index is 1.67. The molecule has 2 fully saturated rings. The van der Waals surface area contributed by atoms with E-state index in [1.54, 1.807) is 0 Å². The average Bonchev–Trinajstić information content (AvgIpc) is 3.34. The zero-order valence-corrected chi connectivity index (χ0v) is 24.7. The molecule has 0 aromatic heterocycles. The first-order valence-electron chi connectivity index (χ1n) is 13.1. The monoisotopic (exact) mass is 692 g/mol. The van der Waals surface area contributed by atoms with Crippen LogP contribution in [0.4, 0.5) is 36.4 Å². The number of fused-ring (bicyclic) bond motifs is 3. The highest BCUT2D eigenvalue weighted by Crippen LogP contribution is 2.57. The van der Waals surface area contributed by atoms with Crippen LogP contribution < -0.4 is 5.32 Å². The third-order valence-electron chi connectivity index (χ3n) is 8.69. The smallest absolute Gasteiger partial charge is 0.383 e. The van der Waals surface area contributed by atoms with Gasteiger partial charge in [0.15, 0.2) is 19.7 Å². The molecule has 18 heteroatoms. The molecule has 0 saturated carbocycles. The standard InChI is InChI=1S/C26H24ClF7N2O6S2/c27-16-2-4-17(5-3-16)44(41,42)23-7-10-36(21(37)22(38)8-11-43(39,40)12-9-22)20(23)14-35-19-13-15(1-6-18(19)23)24(28,25(29,30)31)26(32,33)34/h1-6,13,20,35,38H,7-12,14H2. The SMILES string of the molecule is O=C(N1CCC2(S(=O)(=O)c3ccc(Cl)cc3)c3ccc(C(F)(C(F)(F)F)C(F)(F)F)cc3NCC12)C1(O)CCS(=O)(=O)CC1. The number of likely N-dealkylation sites (tertiary alicyclic amines) is 1. The van der Waals surface area contributed by atoms with Crippen molar-refractivity contribution >= 4 is 42.9 Å². The van der Waals surface area contributed by atoms with Crippen LogP contribution in [0.15, 0.2) is 47.4 Å². The molecule has 0 spiro atoms. The number of rotatable bonds is 4. The maximum atomic E-state index is 14.9. The summed E-state index contributed by atoms with van der Waals surface area (Å²) in [6.07, 6.45) is -14.2. The average molecular weight is 693 g/mol. The van der Waals surface area contributed by atoms with E-state index in [4.69, 9.17) is 11.6 Å². The summed E-state index contributed by atoms with van der Waals surface area (Å²) in [6.45, 7) is -0.854. The van der Waals surface area contributed by atoms with Gasteiger partial charge in [0.25, 0.3) is 5.91 Å². The van der Waals surface area contributed by atoms with Gasteiger partial charge in [0.1, 0.15) is 10.3 Å². The highest BCUT2D eigenvalue weighted by Gasteiger charge is 2.74. The summed E-state index contributed by atoms with van der Waals surface area (Å²) in [4.78, 5) is 14.4. The second kappa shape index (κ2) is 10.2. The number of halogens is 8. The Morgan fingerprint density at radius 3 is 2.07 bits per heavy atom. The van der Waals surface area contributed by atoms with Gasteiger partial charge in [-0.25, -0.2) is 21.2 Å². The van der Waals surface area contributed by atoms with E-state index < -0.39 is 109 Å². The molecular formula is C26H24ClF7N2O6S2. The van der Waals surface area contributed by atoms with Gasteiger partial charge in [-0.2, -0.15) is 26.3 Å². The summed E-state index contributed by atoms with van der Waals surface area (Å²) in [5.41, 5.74) is -10.6. The Hall–Kier alpha value is -2.63. The van der Waals surface area contributed by atoms with Crippen molar-refractivity contribution in [3.8, 4) is 0 Å². The molecule has 44 heavy (non-hydrogen) atoms. The quantitative estimate of drug-likeness (QED) is 0.460.